The topological polar surface area (TPSA) is 53.2 Å². The Labute approximate surface area is 167 Å². The predicted molar refractivity (Wildman–Crippen MR) is 115 cm³/mol. The Hall–Kier alpha value is -2.11. The molecular weight excluding hydrogens is 368 g/mol. The van der Waals surface area contributed by atoms with Gasteiger partial charge in [0.05, 0.1) is 5.75 Å². The van der Waals surface area contributed by atoms with Gasteiger partial charge in [-0.05, 0) is 72.0 Å². The maximum Gasteiger partial charge on any atom is 0.151 e. The zero-order valence-corrected chi connectivity index (χ0v) is 17.2. The van der Waals surface area contributed by atoms with Gasteiger partial charge < -0.3 is 4.98 Å². The zero-order valence-electron chi connectivity index (χ0n) is 16.4. The number of fused-ring (bicyclic) bond motifs is 1. The molecule has 3 aromatic rings. The molecule has 1 aromatic heterocycles. The van der Waals surface area contributed by atoms with Crippen molar-refractivity contribution in [2.75, 3.05) is 19.3 Å². The number of piperidine rings is 1. The molecule has 0 amide bonds. The molecule has 1 aliphatic rings. The molecule has 0 unspecified atom stereocenters. The second kappa shape index (κ2) is 8.10. The van der Waals surface area contributed by atoms with E-state index >= 15 is 0 Å². The summed E-state index contributed by atoms with van der Waals surface area (Å²) in [5.41, 5.74) is 4.70. The second-order valence-electron chi connectivity index (χ2n) is 8.24. The summed E-state index contributed by atoms with van der Waals surface area (Å²) < 4.78 is 23.1. The number of sulfone groups is 1. The van der Waals surface area contributed by atoms with E-state index in [9.17, 15) is 8.42 Å². The molecule has 1 atom stereocenters. The lowest BCUT2D eigenvalue weighted by Gasteiger charge is -2.33. The Morgan fingerprint density at radius 2 is 1.93 bits per heavy atom. The van der Waals surface area contributed by atoms with Crippen LogP contribution in [-0.4, -0.2) is 37.6 Å². The molecule has 4 rings (SSSR count). The number of hydrogen-bond acceptors (Lipinski definition) is 3. The lowest BCUT2D eigenvalue weighted by Crippen LogP contribution is -2.35. The molecule has 4 nitrogen and oxygen atoms in total. The summed E-state index contributed by atoms with van der Waals surface area (Å²) >= 11 is 0. The molecule has 1 fully saturated rings. The van der Waals surface area contributed by atoms with Crippen LogP contribution in [-0.2, 0) is 28.6 Å². The van der Waals surface area contributed by atoms with Gasteiger partial charge in [-0.25, -0.2) is 8.42 Å². The summed E-state index contributed by atoms with van der Waals surface area (Å²) in [5.74, 6) is 0.787. The van der Waals surface area contributed by atoms with Crippen molar-refractivity contribution in [1.82, 2.24) is 9.88 Å². The Kier molecular flexibility index (Phi) is 5.56. The van der Waals surface area contributed by atoms with E-state index < -0.39 is 9.84 Å². The van der Waals surface area contributed by atoms with Crippen molar-refractivity contribution in [2.24, 2.45) is 5.92 Å². The quantitative estimate of drug-likeness (QED) is 0.680. The number of hydrogen-bond donors (Lipinski definition) is 1. The van der Waals surface area contributed by atoms with Crippen LogP contribution in [0.5, 0.6) is 0 Å². The second-order valence-corrected chi connectivity index (χ2v) is 10.4. The highest BCUT2D eigenvalue weighted by molar-refractivity contribution is 7.89. The van der Waals surface area contributed by atoms with E-state index in [1.165, 1.54) is 41.1 Å². The van der Waals surface area contributed by atoms with E-state index in [-0.39, 0.29) is 5.75 Å². The van der Waals surface area contributed by atoms with Gasteiger partial charge in [-0.2, -0.15) is 0 Å². The number of nitrogens with zero attached hydrogens (tertiary/aromatic N) is 1. The van der Waals surface area contributed by atoms with Gasteiger partial charge in [0.25, 0.3) is 0 Å². The first-order valence-corrected chi connectivity index (χ1v) is 12.0. The van der Waals surface area contributed by atoms with Crippen LogP contribution in [0.2, 0.25) is 0 Å². The van der Waals surface area contributed by atoms with Gasteiger partial charge in [-0.3, -0.25) is 4.90 Å². The lowest BCUT2D eigenvalue weighted by atomic mass is 9.90. The van der Waals surface area contributed by atoms with Crippen molar-refractivity contribution < 1.29 is 8.42 Å². The van der Waals surface area contributed by atoms with E-state index in [0.717, 1.165) is 31.6 Å². The van der Waals surface area contributed by atoms with Crippen LogP contribution in [0.25, 0.3) is 10.9 Å². The predicted octanol–water partition coefficient (Wildman–Crippen LogP) is 4.17. The molecule has 5 heteroatoms. The molecule has 28 heavy (non-hydrogen) atoms. The molecule has 0 bridgehead atoms. The molecule has 2 heterocycles. The summed E-state index contributed by atoms with van der Waals surface area (Å²) in [7, 11) is -3.00. The van der Waals surface area contributed by atoms with Gasteiger partial charge in [-0.1, -0.05) is 30.3 Å². The number of rotatable bonds is 6. The molecule has 1 aliphatic heterocycles. The third-order valence-electron chi connectivity index (χ3n) is 5.57. The molecule has 0 spiro atoms. The number of benzene rings is 2. The SMILES string of the molecule is CS(=O)(=O)Cc1cccc(CN2CCC[C@H](Cc3ccc4[nH]ccc4c3)C2)c1. The fourth-order valence-electron chi connectivity index (χ4n) is 4.40. The number of aromatic nitrogens is 1. The van der Waals surface area contributed by atoms with Gasteiger partial charge in [0.2, 0.25) is 0 Å². The summed E-state index contributed by atoms with van der Waals surface area (Å²) in [6.07, 6.45) is 6.90. The maximum absolute atomic E-state index is 11.6. The monoisotopic (exact) mass is 396 g/mol. The highest BCUT2D eigenvalue weighted by atomic mass is 32.2. The fourth-order valence-corrected chi connectivity index (χ4v) is 5.19. The van der Waals surface area contributed by atoms with Crippen molar-refractivity contribution in [3.8, 4) is 0 Å². The van der Waals surface area contributed by atoms with Gasteiger partial charge in [0, 0.05) is 31.1 Å². The highest BCUT2D eigenvalue weighted by Gasteiger charge is 2.20. The van der Waals surface area contributed by atoms with Crippen molar-refractivity contribution in [3.05, 3.63) is 71.4 Å². The lowest BCUT2D eigenvalue weighted by molar-refractivity contribution is 0.167. The number of likely N-dealkylation sites (tertiary alicyclic amines) is 1. The van der Waals surface area contributed by atoms with Crippen molar-refractivity contribution in [2.45, 2.75) is 31.6 Å². The first-order valence-electron chi connectivity index (χ1n) is 9.98. The summed E-state index contributed by atoms with van der Waals surface area (Å²) in [6.45, 7) is 3.11. The van der Waals surface area contributed by atoms with Crippen LogP contribution in [0.15, 0.2) is 54.7 Å². The molecular formula is C23H28N2O2S. The largest absolute Gasteiger partial charge is 0.361 e. The number of H-pyrrole nitrogens is 1. The van der Waals surface area contributed by atoms with Crippen LogP contribution in [0, 0.1) is 5.92 Å². The normalized spacial score (nSPS) is 18.5. The van der Waals surface area contributed by atoms with Crippen LogP contribution >= 0.6 is 0 Å². The Bertz CT molecular complexity index is 1060. The van der Waals surface area contributed by atoms with Gasteiger partial charge in [0.1, 0.15) is 0 Å². The van der Waals surface area contributed by atoms with E-state index in [1.54, 1.807) is 0 Å². The molecule has 0 aliphatic carbocycles. The minimum atomic E-state index is -3.00. The van der Waals surface area contributed by atoms with E-state index in [2.05, 4.69) is 40.2 Å². The van der Waals surface area contributed by atoms with Crippen molar-refractivity contribution in [1.29, 1.82) is 0 Å². The Morgan fingerprint density at radius 1 is 1.07 bits per heavy atom. The van der Waals surface area contributed by atoms with Gasteiger partial charge in [-0.15, -0.1) is 0 Å². The third-order valence-corrected chi connectivity index (χ3v) is 6.43. The van der Waals surface area contributed by atoms with E-state index in [1.807, 2.05) is 24.4 Å². The molecule has 0 saturated carbocycles. The number of aromatic amines is 1. The average Bonchev–Trinajstić information content (AvgIpc) is 3.09. The molecule has 0 radical (unpaired) electrons. The maximum atomic E-state index is 11.6. The van der Waals surface area contributed by atoms with Crippen LogP contribution in [0.3, 0.4) is 0 Å². The average molecular weight is 397 g/mol. The van der Waals surface area contributed by atoms with Crippen LogP contribution in [0.1, 0.15) is 29.5 Å². The zero-order chi connectivity index (χ0) is 19.6. The molecule has 148 valence electrons. The smallest absolute Gasteiger partial charge is 0.151 e. The Morgan fingerprint density at radius 3 is 2.79 bits per heavy atom. The van der Waals surface area contributed by atoms with Crippen molar-refractivity contribution in [3.63, 3.8) is 0 Å². The van der Waals surface area contributed by atoms with Crippen LogP contribution < -0.4 is 0 Å². The summed E-state index contributed by atoms with van der Waals surface area (Å²) in [6, 6.07) is 16.9. The summed E-state index contributed by atoms with van der Waals surface area (Å²) in [5, 5.41) is 1.29. The minimum Gasteiger partial charge on any atom is -0.361 e. The third kappa shape index (κ3) is 5.03. The highest BCUT2D eigenvalue weighted by Crippen LogP contribution is 2.24. The number of nitrogens with one attached hydrogen (secondary N) is 1. The molecule has 2 aromatic carbocycles. The fraction of sp³-hybridized carbons (Fsp3) is 0.391. The first kappa shape index (κ1) is 19.2. The van der Waals surface area contributed by atoms with Crippen molar-refractivity contribution >= 4 is 20.7 Å². The van der Waals surface area contributed by atoms with Gasteiger partial charge in [0.15, 0.2) is 9.84 Å². The minimum absolute atomic E-state index is 0.116. The van der Waals surface area contributed by atoms with Gasteiger partial charge >= 0.3 is 0 Å². The van der Waals surface area contributed by atoms with E-state index in [4.69, 9.17) is 0 Å². The summed E-state index contributed by atoms with van der Waals surface area (Å²) in [4.78, 5) is 5.77. The molecule has 1 saturated heterocycles. The molecule has 1 N–H and O–H groups in total. The standard InChI is InChI=1S/C23H28N2O2S/c1-28(26,27)17-21-5-2-4-19(13-21)15-25-11-3-6-20(16-25)12-18-7-8-23-22(14-18)9-10-24-23/h2,4-5,7-10,13-14,20,24H,3,6,11-12,15-17H2,1H3/t20-/m1/s1. The first-order chi connectivity index (χ1) is 13.4. The van der Waals surface area contributed by atoms with Crippen LogP contribution in [0.4, 0.5) is 0 Å². The van der Waals surface area contributed by atoms with E-state index in [0.29, 0.717) is 5.92 Å². The Balaban J connectivity index is 1.39.